The van der Waals surface area contributed by atoms with Gasteiger partial charge < -0.3 is 11.1 Å². The standard InChI is InChI=1S/C20H14ClF2N5OS/c1-11-18(7-14(21)10-26-11)30(29)28-17-5-4-16(22)15(19(17)23)3-2-12-6-13(8-24)20(25)27-9-12/h4-10,24,28H,1H3,(H2,25,27). The van der Waals surface area contributed by atoms with Gasteiger partial charge in [0.05, 0.1) is 26.9 Å². The molecule has 3 aromatic rings. The fourth-order valence-electron chi connectivity index (χ4n) is 2.39. The highest BCUT2D eigenvalue weighted by molar-refractivity contribution is 7.86. The van der Waals surface area contributed by atoms with Crippen LogP contribution in [0, 0.1) is 35.8 Å². The van der Waals surface area contributed by atoms with E-state index in [1.54, 1.807) is 6.92 Å². The molecule has 0 aliphatic carbocycles. The SMILES string of the molecule is Cc1ncc(Cl)cc1S(=O)Nc1ccc(F)c(C#Cc2cnc(N)c(C=N)c2)c1F. The van der Waals surface area contributed by atoms with Crippen LogP contribution >= 0.6 is 11.6 Å². The predicted octanol–water partition coefficient (Wildman–Crippen LogP) is 3.83. The molecule has 10 heteroatoms. The number of rotatable bonds is 4. The van der Waals surface area contributed by atoms with Gasteiger partial charge in [0.2, 0.25) is 0 Å². The molecule has 2 heterocycles. The summed E-state index contributed by atoms with van der Waals surface area (Å²) in [6, 6.07) is 5.06. The van der Waals surface area contributed by atoms with E-state index in [1.165, 1.54) is 24.5 Å². The van der Waals surface area contributed by atoms with Crippen molar-refractivity contribution >= 4 is 40.3 Å². The molecule has 152 valence electrons. The highest BCUT2D eigenvalue weighted by Gasteiger charge is 2.16. The third-order valence-corrected chi connectivity index (χ3v) is 5.36. The quantitative estimate of drug-likeness (QED) is 0.419. The molecule has 0 aliphatic heterocycles. The smallest absolute Gasteiger partial charge is 0.165 e. The molecule has 2 aromatic heterocycles. The summed E-state index contributed by atoms with van der Waals surface area (Å²) in [4.78, 5) is 8.16. The summed E-state index contributed by atoms with van der Waals surface area (Å²) in [6.45, 7) is 1.63. The lowest BCUT2D eigenvalue weighted by Gasteiger charge is -2.10. The summed E-state index contributed by atoms with van der Waals surface area (Å²) in [7, 11) is -1.88. The minimum atomic E-state index is -1.88. The molecule has 0 saturated carbocycles. The molecule has 0 saturated heterocycles. The van der Waals surface area contributed by atoms with Crippen molar-refractivity contribution < 1.29 is 13.0 Å². The van der Waals surface area contributed by atoms with Crippen molar-refractivity contribution in [2.75, 3.05) is 10.5 Å². The van der Waals surface area contributed by atoms with Crippen molar-refractivity contribution in [1.29, 1.82) is 5.41 Å². The van der Waals surface area contributed by atoms with E-state index < -0.39 is 28.2 Å². The van der Waals surface area contributed by atoms with Crippen LogP contribution < -0.4 is 10.5 Å². The van der Waals surface area contributed by atoms with Gasteiger partial charge in [0.25, 0.3) is 0 Å². The molecule has 0 radical (unpaired) electrons. The second kappa shape index (κ2) is 8.98. The van der Waals surface area contributed by atoms with Gasteiger partial charge >= 0.3 is 0 Å². The van der Waals surface area contributed by atoms with Gasteiger partial charge in [-0.25, -0.2) is 18.0 Å². The van der Waals surface area contributed by atoms with Crippen molar-refractivity contribution in [2.45, 2.75) is 11.8 Å². The summed E-state index contributed by atoms with van der Waals surface area (Å²) in [5.74, 6) is 3.27. The molecule has 4 N–H and O–H groups in total. The largest absolute Gasteiger partial charge is 0.383 e. The van der Waals surface area contributed by atoms with Crippen molar-refractivity contribution in [3.8, 4) is 11.8 Å². The summed E-state index contributed by atoms with van der Waals surface area (Å²) >= 11 is 5.88. The van der Waals surface area contributed by atoms with E-state index >= 15 is 0 Å². The van der Waals surface area contributed by atoms with Gasteiger partial charge in [-0.1, -0.05) is 23.4 Å². The molecular formula is C20H14ClF2N5OS. The van der Waals surface area contributed by atoms with Crippen molar-refractivity contribution in [2.24, 2.45) is 0 Å². The van der Waals surface area contributed by atoms with Gasteiger partial charge in [0.1, 0.15) is 11.6 Å². The van der Waals surface area contributed by atoms with Crippen LogP contribution in [0.3, 0.4) is 0 Å². The van der Waals surface area contributed by atoms with Crippen LogP contribution in [0.5, 0.6) is 0 Å². The van der Waals surface area contributed by atoms with E-state index in [-0.39, 0.29) is 21.4 Å². The van der Waals surface area contributed by atoms with E-state index in [0.717, 1.165) is 18.3 Å². The molecule has 0 aliphatic rings. The molecule has 3 rings (SSSR count). The van der Waals surface area contributed by atoms with Crippen LogP contribution in [0.25, 0.3) is 0 Å². The van der Waals surface area contributed by atoms with Crippen LogP contribution in [-0.4, -0.2) is 20.4 Å². The van der Waals surface area contributed by atoms with Gasteiger partial charge in [-0.2, -0.15) is 0 Å². The Morgan fingerprint density at radius 2 is 2.00 bits per heavy atom. The van der Waals surface area contributed by atoms with E-state index in [0.29, 0.717) is 16.8 Å². The molecule has 6 nitrogen and oxygen atoms in total. The van der Waals surface area contributed by atoms with E-state index in [2.05, 4.69) is 26.5 Å². The second-order valence-corrected chi connectivity index (χ2v) is 7.60. The van der Waals surface area contributed by atoms with Crippen molar-refractivity contribution in [3.05, 3.63) is 75.7 Å². The lowest BCUT2D eigenvalue weighted by Crippen LogP contribution is -2.09. The number of pyridine rings is 2. The molecule has 1 atom stereocenters. The number of aryl methyl sites for hydroxylation is 1. The number of aromatic nitrogens is 2. The number of benzene rings is 1. The Hall–Kier alpha value is -3.35. The maximum atomic E-state index is 14.8. The molecule has 1 unspecified atom stereocenters. The van der Waals surface area contributed by atoms with Crippen LogP contribution in [0.15, 0.2) is 41.6 Å². The Morgan fingerprint density at radius 1 is 1.23 bits per heavy atom. The first-order valence-corrected chi connectivity index (χ1v) is 9.89. The first-order valence-electron chi connectivity index (χ1n) is 8.36. The van der Waals surface area contributed by atoms with Crippen LogP contribution in [0.4, 0.5) is 20.3 Å². The Bertz CT molecular complexity index is 1240. The number of nitrogens with two attached hydrogens (primary N) is 1. The van der Waals surface area contributed by atoms with E-state index in [4.69, 9.17) is 22.7 Å². The first kappa shape index (κ1) is 21.4. The summed E-state index contributed by atoms with van der Waals surface area (Å²) < 4.78 is 44.1. The van der Waals surface area contributed by atoms with Crippen LogP contribution in [-0.2, 0) is 11.0 Å². The monoisotopic (exact) mass is 445 g/mol. The highest BCUT2D eigenvalue weighted by Crippen LogP contribution is 2.24. The third-order valence-electron chi connectivity index (χ3n) is 3.94. The van der Waals surface area contributed by atoms with Crippen LogP contribution in [0.1, 0.15) is 22.4 Å². The van der Waals surface area contributed by atoms with Gasteiger partial charge in [-0.05, 0) is 31.2 Å². The molecule has 30 heavy (non-hydrogen) atoms. The van der Waals surface area contributed by atoms with Crippen molar-refractivity contribution in [1.82, 2.24) is 9.97 Å². The maximum Gasteiger partial charge on any atom is 0.165 e. The lowest BCUT2D eigenvalue weighted by atomic mass is 10.1. The number of anilines is 2. The number of nitrogen functional groups attached to an aromatic ring is 1. The highest BCUT2D eigenvalue weighted by atomic mass is 35.5. The fraction of sp³-hybridized carbons (Fsp3) is 0.0500. The zero-order valence-corrected chi connectivity index (χ0v) is 17.0. The summed E-state index contributed by atoms with van der Waals surface area (Å²) in [5.41, 5.74) is 6.01. The fourth-order valence-corrected chi connectivity index (χ4v) is 3.63. The predicted molar refractivity (Wildman–Crippen MR) is 113 cm³/mol. The van der Waals surface area contributed by atoms with Crippen molar-refractivity contribution in [3.63, 3.8) is 0 Å². The molecule has 0 spiro atoms. The summed E-state index contributed by atoms with van der Waals surface area (Å²) in [5, 5.41) is 7.55. The Morgan fingerprint density at radius 3 is 2.73 bits per heavy atom. The average Bonchev–Trinajstić information content (AvgIpc) is 2.72. The minimum Gasteiger partial charge on any atom is -0.383 e. The zero-order chi connectivity index (χ0) is 21.8. The molecular weight excluding hydrogens is 432 g/mol. The summed E-state index contributed by atoms with van der Waals surface area (Å²) in [6.07, 6.45) is 3.73. The number of halogens is 3. The Labute approximate surface area is 178 Å². The van der Waals surface area contributed by atoms with E-state index in [1.807, 2.05) is 0 Å². The zero-order valence-electron chi connectivity index (χ0n) is 15.5. The van der Waals surface area contributed by atoms with Gasteiger partial charge in [0, 0.05) is 29.7 Å². The molecule has 0 amide bonds. The molecule has 1 aromatic carbocycles. The molecule has 0 fully saturated rings. The average molecular weight is 446 g/mol. The third kappa shape index (κ3) is 4.62. The number of hydrogen-bond acceptors (Lipinski definition) is 5. The number of nitrogens with one attached hydrogen (secondary N) is 2. The second-order valence-electron chi connectivity index (χ2n) is 5.98. The number of nitrogens with zero attached hydrogens (tertiary/aromatic N) is 2. The topological polar surface area (TPSA) is 105 Å². The van der Waals surface area contributed by atoms with Gasteiger partial charge in [0.15, 0.2) is 16.8 Å². The molecule has 0 bridgehead atoms. The normalized spacial score (nSPS) is 11.3. The lowest BCUT2D eigenvalue weighted by molar-refractivity contribution is 0.580. The Kier molecular flexibility index (Phi) is 6.40. The van der Waals surface area contributed by atoms with Crippen LogP contribution in [0.2, 0.25) is 5.02 Å². The van der Waals surface area contributed by atoms with E-state index in [9.17, 15) is 13.0 Å². The number of hydrogen-bond donors (Lipinski definition) is 3. The maximum absolute atomic E-state index is 14.8. The van der Waals surface area contributed by atoms with Gasteiger partial charge in [-0.3, -0.25) is 9.71 Å². The minimum absolute atomic E-state index is 0.146. The Balaban J connectivity index is 1.94. The van der Waals surface area contributed by atoms with Gasteiger partial charge in [-0.15, -0.1) is 0 Å². The first-order chi connectivity index (χ1) is 14.3.